The van der Waals surface area contributed by atoms with Gasteiger partial charge in [0, 0.05) is 31.4 Å². The third-order valence-electron chi connectivity index (χ3n) is 3.81. The van der Waals surface area contributed by atoms with Gasteiger partial charge in [0.2, 0.25) is 0 Å². The second-order valence-electron chi connectivity index (χ2n) is 5.89. The number of pyridine rings is 1. The summed E-state index contributed by atoms with van der Waals surface area (Å²) in [4.78, 5) is 30.9. The molecular weight excluding hydrogens is 314 g/mol. The molecule has 0 aliphatic carbocycles. The molecule has 1 aromatic carbocycles. The first-order chi connectivity index (χ1) is 12.2. The summed E-state index contributed by atoms with van der Waals surface area (Å²) in [5.74, 6) is -0.334. The lowest BCUT2D eigenvalue weighted by atomic mass is 10.1. The predicted octanol–water partition coefficient (Wildman–Crippen LogP) is 3.27. The molecule has 0 spiro atoms. The molecule has 5 heteroatoms. The van der Waals surface area contributed by atoms with E-state index in [1.807, 2.05) is 44.2 Å². The number of nitrogens with one attached hydrogen (secondary N) is 1. The summed E-state index contributed by atoms with van der Waals surface area (Å²) in [6.45, 7) is 5.91. The number of nitrogens with zero attached hydrogens (tertiary/aromatic N) is 2. The fourth-order valence-corrected chi connectivity index (χ4v) is 2.59. The van der Waals surface area contributed by atoms with E-state index < -0.39 is 0 Å². The number of benzene rings is 1. The van der Waals surface area contributed by atoms with Crippen LogP contribution in [0.15, 0.2) is 48.7 Å². The molecule has 1 N–H and O–H groups in total. The second-order valence-corrected chi connectivity index (χ2v) is 5.89. The molecule has 25 heavy (non-hydrogen) atoms. The molecule has 0 aliphatic heterocycles. The van der Waals surface area contributed by atoms with Crippen LogP contribution in [0.1, 0.15) is 53.1 Å². The molecule has 0 atom stereocenters. The SMILES string of the molecule is CCCN(CCC)C(=O)c1cc(C(=O)NCc2ccccc2)ccn1. The molecule has 0 bridgehead atoms. The lowest BCUT2D eigenvalue weighted by Crippen LogP contribution is -2.33. The van der Waals surface area contributed by atoms with Crippen molar-refractivity contribution in [2.24, 2.45) is 0 Å². The highest BCUT2D eigenvalue weighted by molar-refractivity contribution is 5.98. The van der Waals surface area contributed by atoms with E-state index in [4.69, 9.17) is 0 Å². The number of rotatable bonds is 8. The van der Waals surface area contributed by atoms with E-state index in [2.05, 4.69) is 10.3 Å². The van der Waals surface area contributed by atoms with E-state index in [0.29, 0.717) is 30.9 Å². The van der Waals surface area contributed by atoms with Crippen molar-refractivity contribution in [3.05, 3.63) is 65.5 Å². The number of amides is 2. The first-order valence-electron chi connectivity index (χ1n) is 8.73. The van der Waals surface area contributed by atoms with E-state index in [-0.39, 0.29) is 11.8 Å². The van der Waals surface area contributed by atoms with Crippen molar-refractivity contribution in [3.63, 3.8) is 0 Å². The molecule has 5 nitrogen and oxygen atoms in total. The van der Waals surface area contributed by atoms with Crippen LogP contribution in [0.3, 0.4) is 0 Å². The van der Waals surface area contributed by atoms with Gasteiger partial charge in [-0.15, -0.1) is 0 Å². The Morgan fingerprint density at radius 1 is 1.04 bits per heavy atom. The van der Waals surface area contributed by atoms with Crippen LogP contribution in [0.4, 0.5) is 0 Å². The lowest BCUT2D eigenvalue weighted by molar-refractivity contribution is 0.0749. The van der Waals surface area contributed by atoms with Crippen molar-refractivity contribution in [2.75, 3.05) is 13.1 Å². The monoisotopic (exact) mass is 339 g/mol. The van der Waals surface area contributed by atoms with Gasteiger partial charge in [-0.1, -0.05) is 44.2 Å². The van der Waals surface area contributed by atoms with E-state index in [0.717, 1.165) is 18.4 Å². The van der Waals surface area contributed by atoms with Gasteiger partial charge < -0.3 is 10.2 Å². The van der Waals surface area contributed by atoms with Crippen LogP contribution < -0.4 is 5.32 Å². The van der Waals surface area contributed by atoms with Gasteiger partial charge in [0.05, 0.1) is 0 Å². The minimum atomic E-state index is -0.210. The van der Waals surface area contributed by atoms with Gasteiger partial charge in [0.15, 0.2) is 0 Å². The number of aromatic nitrogens is 1. The highest BCUT2D eigenvalue weighted by Gasteiger charge is 2.17. The fraction of sp³-hybridized carbons (Fsp3) is 0.350. The summed E-state index contributed by atoms with van der Waals surface area (Å²) < 4.78 is 0. The summed E-state index contributed by atoms with van der Waals surface area (Å²) in [5.41, 5.74) is 1.79. The normalized spacial score (nSPS) is 10.3. The van der Waals surface area contributed by atoms with Crippen molar-refractivity contribution in [3.8, 4) is 0 Å². The Bertz CT molecular complexity index is 695. The van der Waals surface area contributed by atoms with Crippen LogP contribution in [-0.4, -0.2) is 34.8 Å². The maximum atomic E-state index is 12.6. The van der Waals surface area contributed by atoms with Crippen LogP contribution >= 0.6 is 0 Å². The maximum absolute atomic E-state index is 12.6. The minimum Gasteiger partial charge on any atom is -0.348 e. The van der Waals surface area contributed by atoms with Gasteiger partial charge in [-0.2, -0.15) is 0 Å². The molecule has 0 aliphatic rings. The number of hydrogen-bond acceptors (Lipinski definition) is 3. The van der Waals surface area contributed by atoms with Crippen molar-refractivity contribution in [1.82, 2.24) is 15.2 Å². The topological polar surface area (TPSA) is 62.3 Å². The molecule has 0 radical (unpaired) electrons. The van der Waals surface area contributed by atoms with E-state index in [1.54, 1.807) is 17.0 Å². The molecule has 1 aromatic heterocycles. The Morgan fingerprint density at radius 3 is 2.36 bits per heavy atom. The second kappa shape index (κ2) is 9.57. The van der Waals surface area contributed by atoms with Crippen LogP contribution in [0.2, 0.25) is 0 Å². The van der Waals surface area contributed by atoms with Gasteiger partial charge in [-0.25, -0.2) is 0 Å². The number of hydrogen-bond donors (Lipinski definition) is 1. The van der Waals surface area contributed by atoms with Gasteiger partial charge in [-0.05, 0) is 30.5 Å². The zero-order chi connectivity index (χ0) is 18.1. The van der Waals surface area contributed by atoms with Crippen LogP contribution in [0.25, 0.3) is 0 Å². The maximum Gasteiger partial charge on any atom is 0.272 e. The zero-order valence-electron chi connectivity index (χ0n) is 14.9. The first-order valence-corrected chi connectivity index (χ1v) is 8.73. The summed E-state index contributed by atoms with van der Waals surface area (Å²) in [7, 11) is 0. The summed E-state index contributed by atoms with van der Waals surface area (Å²) in [5, 5.41) is 2.87. The highest BCUT2D eigenvalue weighted by atomic mass is 16.2. The van der Waals surface area contributed by atoms with Gasteiger partial charge >= 0.3 is 0 Å². The van der Waals surface area contributed by atoms with Gasteiger partial charge in [0.1, 0.15) is 5.69 Å². The highest BCUT2D eigenvalue weighted by Crippen LogP contribution is 2.08. The summed E-state index contributed by atoms with van der Waals surface area (Å²) in [6, 6.07) is 12.9. The Hall–Kier alpha value is -2.69. The van der Waals surface area contributed by atoms with E-state index >= 15 is 0 Å². The number of carbonyl (C=O) groups excluding carboxylic acids is 2. The minimum absolute atomic E-state index is 0.124. The van der Waals surface area contributed by atoms with Crippen LogP contribution in [0, 0.1) is 0 Å². The molecular formula is C20H25N3O2. The summed E-state index contributed by atoms with van der Waals surface area (Å²) in [6.07, 6.45) is 3.30. The standard InChI is InChI=1S/C20H25N3O2/c1-3-12-23(13-4-2)20(25)18-14-17(10-11-21-18)19(24)22-15-16-8-6-5-7-9-16/h5-11,14H,3-4,12-13,15H2,1-2H3,(H,22,24). The van der Waals surface area contributed by atoms with Crippen LogP contribution in [-0.2, 0) is 6.54 Å². The molecule has 0 unspecified atom stereocenters. The Balaban J connectivity index is 2.06. The van der Waals surface area contributed by atoms with Gasteiger partial charge in [0.25, 0.3) is 11.8 Å². The smallest absolute Gasteiger partial charge is 0.272 e. The van der Waals surface area contributed by atoms with E-state index in [9.17, 15) is 9.59 Å². The third-order valence-corrected chi connectivity index (χ3v) is 3.81. The average Bonchev–Trinajstić information content (AvgIpc) is 2.66. The molecule has 2 rings (SSSR count). The molecule has 1 heterocycles. The largest absolute Gasteiger partial charge is 0.348 e. The summed E-state index contributed by atoms with van der Waals surface area (Å²) >= 11 is 0. The van der Waals surface area contributed by atoms with Crippen molar-refractivity contribution in [1.29, 1.82) is 0 Å². The molecule has 2 amide bonds. The Morgan fingerprint density at radius 2 is 1.72 bits per heavy atom. The average molecular weight is 339 g/mol. The Kier molecular flexibility index (Phi) is 7.14. The first kappa shape index (κ1) is 18.6. The zero-order valence-corrected chi connectivity index (χ0v) is 14.9. The number of carbonyl (C=O) groups is 2. The van der Waals surface area contributed by atoms with Crippen molar-refractivity contribution >= 4 is 11.8 Å². The Labute approximate surface area is 149 Å². The molecule has 2 aromatic rings. The molecule has 0 saturated carbocycles. The van der Waals surface area contributed by atoms with Crippen molar-refractivity contribution < 1.29 is 9.59 Å². The molecule has 132 valence electrons. The molecule has 0 saturated heterocycles. The van der Waals surface area contributed by atoms with Crippen LogP contribution in [0.5, 0.6) is 0 Å². The third kappa shape index (κ3) is 5.41. The lowest BCUT2D eigenvalue weighted by Gasteiger charge is -2.21. The quantitative estimate of drug-likeness (QED) is 0.803. The van der Waals surface area contributed by atoms with Gasteiger partial charge in [-0.3, -0.25) is 14.6 Å². The van der Waals surface area contributed by atoms with E-state index in [1.165, 1.54) is 6.20 Å². The van der Waals surface area contributed by atoms with Crippen molar-refractivity contribution in [2.45, 2.75) is 33.2 Å². The fourth-order valence-electron chi connectivity index (χ4n) is 2.59. The predicted molar refractivity (Wildman–Crippen MR) is 98.3 cm³/mol. The molecule has 0 fully saturated rings.